The summed E-state index contributed by atoms with van der Waals surface area (Å²) in [6.45, 7) is 11.8. The van der Waals surface area contributed by atoms with Gasteiger partial charge in [0.05, 0.1) is 0 Å². The number of anilines is 1. The van der Waals surface area contributed by atoms with Gasteiger partial charge in [-0.3, -0.25) is 9.89 Å². The summed E-state index contributed by atoms with van der Waals surface area (Å²) in [4.78, 5) is 14.3. The van der Waals surface area contributed by atoms with Gasteiger partial charge in [-0.2, -0.15) is 5.10 Å². The van der Waals surface area contributed by atoms with Crippen LogP contribution in [0.5, 0.6) is 0 Å². The second-order valence-electron chi connectivity index (χ2n) is 5.86. The van der Waals surface area contributed by atoms with Crippen LogP contribution in [0, 0.1) is 0 Å². The zero-order chi connectivity index (χ0) is 15.7. The first-order chi connectivity index (χ1) is 10.1. The number of nitrogens with one attached hydrogen (secondary N) is 2. The number of nitrogens with zero attached hydrogens (tertiary/aromatic N) is 2. The lowest BCUT2D eigenvalue weighted by Crippen LogP contribution is -2.27. The minimum Gasteiger partial charge on any atom is -0.309 e. The van der Waals surface area contributed by atoms with Gasteiger partial charge in [0.15, 0.2) is 5.82 Å². The predicted octanol–water partition coefficient (Wildman–Crippen LogP) is 3.37. The Bertz CT molecular complexity index is 408. The Hall–Kier alpha value is -1.36. The van der Waals surface area contributed by atoms with Gasteiger partial charge in [0.1, 0.15) is 0 Å². The van der Waals surface area contributed by atoms with Crippen LogP contribution in [-0.4, -0.2) is 40.6 Å². The Morgan fingerprint density at radius 2 is 1.95 bits per heavy atom. The van der Waals surface area contributed by atoms with Crippen LogP contribution in [0.4, 0.5) is 5.82 Å². The third kappa shape index (κ3) is 6.76. The van der Waals surface area contributed by atoms with Gasteiger partial charge in [0, 0.05) is 18.2 Å². The Kier molecular flexibility index (Phi) is 8.05. The van der Waals surface area contributed by atoms with E-state index in [9.17, 15) is 4.79 Å². The van der Waals surface area contributed by atoms with E-state index < -0.39 is 0 Å². The Balaban J connectivity index is 2.29. The molecule has 0 aromatic carbocycles. The zero-order valence-electron chi connectivity index (χ0n) is 13.9. The van der Waals surface area contributed by atoms with E-state index in [1.165, 1.54) is 0 Å². The Labute approximate surface area is 128 Å². The molecule has 0 saturated carbocycles. The highest BCUT2D eigenvalue weighted by Gasteiger charge is 2.09. The molecular formula is C16H30N4O. The van der Waals surface area contributed by atoms with E-state index in [2.05, 4.69) is 48.1 Å². The van der Waals surface area contributed by atoms with Crippen molar-refractivity contribution in [1.82, 2.24) is 15.1 Å². The lowest BCUT2D eigenvalue weighted by atomic mass is 10.1. The molecule has 5 nitrogen and oxygen atoms in total. The van der Waals surface area contributed by atoms with E-state index in [4.69, 9.17) is 0 Å². The number of H-pyrrole nitrogens is 1. The normalized spacial score (nSPS) is 11.3. The lowest BCUT2D eigenvalue weighted by molar-refractivity contribution is -0.116. The maximum absolute atomic E-state index is 11.9. The van der Waals surface area contributed by atoms with Crippen LogP contribution in [0.25, 0.3) is 0 Å². The van der Waals surface area contributed by atoms with Crippen LogP contribution < -0.4 is 5.32 Å². The topological polar surface area (TPSA) is 61.0 Å². The van der Waals surface area contributed by atoms with Gasteiger partial charge in [0.25, 0.3) is 0 Å². The summed E-state index contributed by atoms with van der Waals surface area (Å²) in [5.41, 5.74) is 1.04. The molecule has 5 heteroatoms. The fourth-order valence-electron chi connectivity index (χ4n) is 2.33. The number of amides is 1. The molecule has 0 aliphatic carbocycles. The van der Waals surface area contributed by atoms with E-state index >= 15 is 0 Å². The van der Waals surface area contributed by atoms with E-state index in [0.29, 0.717) is 18.2 Å². The van der Waals surface area contributed by atoms with Gasteiger partial charge in [0.2, 0.25) is 5.91 Å². The van der Waals surface area contributed by atoms with Crippen LogP contribution in [0.1, 0.15) is 65.0 Å². The number of hydrogen-bond donors (Lipinski definition) is 2. The first kappa shape index (κ1) is 17.7. The van der Waals surface area contributed by atoms with Crippen molar-refractivity contribution in [3.05, 3.63) is 11.8 Å². The highest BCUT2D eigenvalue weighted by Crippen LogP contribution is 2.14. The van der Waals surface area contributed by atoms with E-state index in [-0.39, 0.29) is 5.91 Å². The molecule has 0 radical (unpaired) electrons. The lowest BCUT2D eigenvalue weighted by Gasteiger charge is -2.20. The van der Waals surface area contributed by atoms with E-state index in [0.717, 1.165) is 44.6 Å². The average Bonchev–Trinajstić information content (AvgIpc) is 2.88. The van der Waals surface area contributed by atoms with E-state index in [1.54, 1.807) is 0 Å². The maximum Gasteiger partial charge on any atom is 0.225 e. The smallest absolute Gasteiger partial charge is 0.225 e. The van der Waals surface area contributed by atoms with Gasteiger partial charge in [-0.25, -0.2) is 0 Å². The number of hydrogen-bond acceptors (Lipinski definition) is 3. The standard InChI is InChI=1S/C16H30N4O/c1-5-9-20(10-6-2)11-7-8-16(21)17-15-12-14(13(3)4)18-19-15/h12-13H,5-11H2,1-4H3,(H2,17,18,19,21). The maximum atomic E-state index is 11.9. The quantitative estimate of drug-likeness (QED) is 0.695. The highest BCUT2D eigenvalue weighted by atomic mass is 16.1. The molecule has 1 aromatic rings. The molecule has 0 fully saturated rings. The summed E-state index contributed by atoms with van der Waals surface area (Å²) in [6.07, 6.45) is 3.77. The Morgan fingerprint density at radius 3 is 2.48 bits per heavy atom. The number of carbonyl (C=O) groups is 1. The highest BCUT2D eigenvalue weighted by molar-refractivity contribution is 5.89. The van der Waals surface area contributed by atoms with E-state index in [1.807, 2.05) is 6.07 Å². The van der Waals surface area contributed by atoms with Crippen molar-refractivity contribution in [3.8, 4) is 0 Å². The number of carbonyl (C=O) groups excluding carboxylic acids is 1. The minimum atomic E-state index is 0.0461. The molecule has 1 rings (SSSR count). The second kappa shape index (κ2) is 9.55. The summed E-state index contributed by atoms with van der Waals surface area (Å²) < 4.78 is 0. The van der Waals surface area contributed by atoms with Crippen LogP contribution in [0.3, 0.4) is 0 Å². The van der Waals surface area contributed by atoms with Crippen LogP contribution in [0.15, 0.2) is 6.07 Å². The number of aromatic amines is 1. The molecule has 0 unspecified atom stereocenters. The molecule has 21 heavy (non-hydrogen) atoms. The van der Waals surface area contributed by atoms with Crippen molar-refractivity contribution in [2.45, 2.75) is 59.3 Å². The van der Waals surface area contributed by atoms with Gasteiger partial charge >= 0.3 is 0 Å². The molecule has 0 aliphatic heterocycles. The van der Waals surface area contributed by atoms with Crippen molar-refractivity contribution < 1.29 is 4.79 Å². The van der Waals surface area contributed by atoms with Crippen molar-refractivity contribution in [1.29, 1.82) is 0 Å². The fourth-order valence-corrected chi connectivity index (χ4v) is 2.33. The van der Waals surface area contributed by atoms with Gasteiger partial charge in [-0.05, 0) is 44.8 Å². The van der Waals surface area contributed by atoms with Gasteiger partial charge < -0.3 is 10.2 Å². The van der Waals surface area contributed by atoms with Crippen molar-refractivity contribution >= 4 is 11.7 Å². The SMILES string of the molecule is CCCN(CCC)CCCC(=O)Nc1cc(C(C)C)[nH]n1. The predicted molar refractivity (Wildman–Crippen MR) is 87.6 cm³/mol. The third-order valence-electron chi connectivity index (χ3n) is 3.45. The molecule has 0 bridgehead atoms. The molecular weight excluding hydrogens is 264 g/mol. The van der Waals surface area contributed by atoms with Gasteiger partial charge in [-0.1, -0.05) is 27.7 Å². The summed E-state index contributed by atoms with van der Waals surface area (Å²) in [6, 6.07) is 1.91. The first-order valence-electron chi connectivity index (χ1n) is 8.14. The van der Waals surface area contributed by atoms with Gasteiger partial charge in [-0.15, -0.1) is 0 Å². The molecule has 2 N–H and O–H groups in total. The molecule has 1 amide bonds. The molecule has 0 atom stereocenters. The first-order valence-corrected chi connectivity index (χ1v) is 8.14. The summed E-state index contributed by atoms with van der Waals surface area (Å²) >= 11 is 0. The summed E-state index contributed by atoms with van der Waals surface area (Å²) in [7, 11) is 0. The average molecular weight is 294 g/mol. The molecule has 0 saturated heterocycles. The molecule has 120 valence electrons. The Morgan fingerprint density at radius 1 is 1.29 bits per heavy atom. The number of rotatable bonds is 10. The minimum absolute atomic E-state index is 0.0461. The van der Waals surface area contributed by atoms with Crippen LogP contribution in [0.2, 0.25) is 0 Å². The third-order valence-corrected chi connectivity index (χ3v) is 3.45. The summed E-state index contributed by atoms with van der Waals surface area (Å²) in [5, 5.41) is 9.91. The molecule has 0 spiro atoms. The zero-order valence-corrected chi connectivity index (χ0v) is 13.9. The monoisotopic (exact) mass is 294 g/mol. The number of aromatic nitrogens is 2. The summed E-state index contributed by atoms with van der Waals surface area (Å²) in [5.74, 6) is 1.06. The fraction of sp³-hybridized carbons (Fsp3) is 0.750. The van der Waals surface area contributed by atoms with Crippen molar-refractivity contribution in [2.24, 2.45) is 0 Å². The molecule has 1 heterocycles. The largest absolute Gasteiger partial charge is 0.309 e. The second-order valence-corrected chi connectivity index (χ2v) is 5.86. The molecule has 0 aliphatic rings. The van der Waals surface area contributed by atoms with Crippen molar-refractivity contribution in [3.63, 3.8) is 0 Å². The van der Waals surface area contributed by atoms with Crippen LogP contribution in [-0.2, 0) is 4.79 Å². The van der Waals surface area contributed by atoms with Crippen LogP contribution >= 0.6 is 0 Å². The molecule has 1 aromatic heterocycles. The van der Waals surface area contributed by atoms with Crippen molar-refractivity contribution in [2.75, 3.05) is 25.0 Å².